The SMILES string of the molecule is CC1(C(=O)NC2(CCl)CC2)CC1F. The quantitative estimate of drug-likeness (QED) is 0.698. The fourth-order valence-corrected chi connectivity index (χ4v) is 1.71. The molecule has 13 heavy (non-hydrogen) atoms. The van der Waals surface area contributed by atoms with Gasteiger partial charge in [-0.1, -0.05) is 0 Å². The molecule has 2 saturated carbocycles. The van der Waals surface area contributed by atoms with Gasteiger partial charge in [0.15, 0.2) is 0 Å². The molecular formula is C9H13ClFNO. The highest BCUT2D eigenvalue weighted by Crippen LogP contribution is 2.49. The normalized spacial score (nSPS) is 39.8. The molecule has 0 radical (unpaired) electrons. The van der Waals surface area contributed by atoms with Crippen LogP contribution in [0.15, 0.2) is 0 Å². The van der Waals surface area contributed by atoms with Gasteiger partial charge in [0, 0.05) is 5.88 Å². The average molecular weight is 206 g/mol. The van der Waals surface area contributed by atoms with E-state index in [9.17, 15) is 9.18 Å². The monoisotopic (exact) mass is 205 g/mol. The van der Waals surface area contributed by atoms with Crippen LogP contribution in [-0.4, -0.2) is 23.5 Å². The maximum atomic E-state index is 12.8. The second-order valence-electron chi connectivity index (χ2n) is 4.46. The van der Waals surface area contributed by atoms with Gasteiger partial charge in [-0.15, -0.1) is 11.6 Å². The molecule has 1 N–H and O–H groups in total. The van der Waals surface area contributed by atoms with Crippen LogP contribution in [0, 0.1) is 5.41 Å². The van der Waals surface area contributed by atoms with Crippen LogP contribution >= 0.6 is 11.6 Å². The molecule has 2 unspecified atom stereocenters. The third-order valence-electron chi connectivity index (χ3n) is 3.14. The molecule has 2 fully saturated rings. The first-order valence-electron chi connectivity index (χ1n) is 4.55. The summed E-state index contributed by atoms with van der Waals surface area (Å²) in [5.41, 5.74) is -0.967. The molecule has 2 atom stereocenters. The van der Waals surface area contributed by atoms with Crippen molar-refractivity contribution in [1.29, 1.82) is 0 Å². The van der Waals surface area contributed by atoms with Crippen LogP contribution in [-0.2, 0) is 4.79 Å². The van der Waals surface area contributed by atoms with Crippen molar-refractivity contribution >= 4 is 17.5 Å². The van der Waals surface area contributed by atoms with E-state index in [0.717, 1.165) is 12.8 Å². The average Bonchev–Trinajstić information content (AvgIpc) is 2.95. The molecule has 0 bridgehead atoms. The van der Waals surface area contributed by atoms with Crippen molar-refractivity contribution in [3.63, 3.8) is 0 Å². The van der Waals surface area contributed by atoms with E-state index in [0.29, 0.717) is 12.3 Å². The van der Waals surface area contributed by atoms with Crippen molar-refractivity contribution in [3.8, 4) is 0 Å². The summed E-state index contributed by atoms with van der Waals surface area (Å²) in [5.74, 6) is 0.268. The Morgan fingerprint density at radius 1 is 1.69 bits per heavy atom. The summed E-state index contributed by atoms with van der Waals surface area (Å²) < 4.78 is 12.8. The fraction of sp³-hybridized carbons (Fsp3) is 0.889. The Labute approximate surface area is 81.8 Å². The Morgan fingerprint density at radius 3 is 2.54 bits per heavy atom. The van der Waals surface area contributed by atoms with Gasteiger partial charge in [0.05, 0.1) is 11.0 Å². The lowest BCUT2D eigenvalue weighted by molar-refractivity contribution is -0.127. The molecule has 74 valence electrons. The zero-order valence-corrected chi connectivity index (χ0v) is 8.33. The topological polar surface area (TPSA) is 29.1 Å². The van der Waals surface area contributed by atoms with E-state index < -0.39 is 11.6 Å². The molecule has 0 heterocycles. The fourth-order valence-electron chi connectivity index (χ4n) is 1.37. The summed E-state index contributed by atoms with van der Waals surface area (Å²) in [6.07, 6.45) is 1.25. The second kappa shape index (κ2) is 2.59. The standard InChI is InChI=1S/C9H13ClFNO/c1-8(4-6(8)11)7(13)12-9(5-10)2-3-9/h6H,2-5H2,1H3,(H,12,13). The minimum atomic E-state index is -0.960. The van der Waals surface area contributed by atoms with Gasteiger partial charge in [0.1, 0.15) is 6.17 Å². The van der Waals surface area contributed by atoms with E-state index in [1.807, 2.05) is 0 Å². The molecule has 0 aliphatic heterocycles. The summed E-state index contributed by atoms with van der Waals surface area (Å²) in [6, 6.07) is 0. The first-order chi connectivity index (χ1) is 6.02. The Morgan fingerprint density at radius 2 is 2.23 bits per heavy atom. The minimum Gasteiger partial charge on any atom is -0.349 e. The number of carbonyl (C=O) groups excluding carboxylic acids is 1. The predicted octanol–water partition coefficient (Wildman–Crippen LogP) is 1.62. The molecule has 0 aromatic carbocycles. The molecule has 0 aromatic heterocycles. The second-order valence-corrected chi connectivity index (χ2v) is 4.72. The maximum absolute atomic E-state index is 12.8. The third-order valence-corrected chi connectivity index (χ3v) is 3.65. The summed E-state index contributed by atoms with van der Waals surface area (Å²) in [4.78, 5) is 11.5. The highest BCUT2D eigenvalue weighted by molar-refractivity contribution is 6.19. The summed E-state index contributed by atoms with van der Waals surface area (Å²) in [6.45, 7) is 1.66. The Hall–Kier alpha value is -0.310. The summed E-state index contributed by atoms with van der Waals surface area (Å²) in [7, 11) is 0. The molecule has 2 aliphatic carbocycles. The molecule has 2 aliphatic rings. The van der Waals surface area contributed by atoms with E-state index >= 15 is 0 Å². The molecule has 4 heteroatoms. The van der Waals surface area contributed by atoms with E-state index in [2.05, 4.69) is 5.32 Å². The number of rotatable bonds is 3. The Kier molecular flexibility index (Phi) is 1.85. The van der Waals surface area contributed by atoms with Crippen LogP contribution in [0.3, 0.4) is 0 Å². The van der Waals surface area contributed by atoms with Crippen molar-refractivity contribution in [2.24, 2.45) is 5.41 Å². The number of carbonyl (C=O) groups is 1. The smallest absolute Gasteiger partial charge is 0.229 e. The lowest BCUT2D eigenvalue weighted by Crippen LogP contribution is -2.42. The molecular weight excluding hydrogens is 193 g/mol. The van der Waals surface area contributed by atoms with Crippen LogP contribution < -0.4 is 5.32 Å². The lowest BCUT2D eigenvalue weighted by Gasteiger charge is -2.17. The van der Waals surface area contributed by atoms with Crippen LogP contribution in [0.4, 0.5) is 4.39 Å². The number of hydrogen-bond donors (Lipinski definition) is 1. The van der Waals surface area contributed by atoms with E-state index in [-0.39, 0.29) is 11.4 Å². The highest BCUT2D eigenvalue weighted by Gasteiger charge is 2.59. The summed E-state index contributed by atoms with van der Waals surface area (Å²) >= 11 is 5.70. The predicted molar refractivity (Wildman–Crippen MR) is 48.4 cm³/mol. The van der Waals surface area contributed by atoms with Crippen molar-refractivity contribution in [1.82, 2.24) is 5.32 Å². The van der Waals surface area contributed by atoms with Gasteiger partial charge in [-0.25, -0.2) is 4.39 Å². The zero-order valence-electron chi connectivity index (χ0n) is 7.57. The highest BCUT2D eigenvalue weighted by atomic mass is 35.5. The number of hydrogen-bond acceptors (Lipinski definition) is 1. The van der Waals surface area contributed by atoms with E-state index in [1.165, 1.54) is 0 Å². The molecule has 0 aromatic rings. The van der Waals surface area contributed by atoms with Crippen LogP contribution in [0.2, 0.25) is 0 Å². The molecule has 0 saturated heterocycles. The first kappa shape index (κ1) is 9.25. The van der Waals surface area contributed by atoms with Crippen molar-refractivity contribution in [3.05, 3.63) is 0 Å². The number of amides is 1. The Balaban J connectivity index is 1.93. The van der Waals surface area contributed by atoms with Gasteiger partial charge >= 0.3 is 0 Å². The van der Waals surface area contributed by atoms with Crippen LogP contribution in [0.25, 0.3) is 0 Å². The van der Waals surface area contributed by atoms with Gasteiger partial charge in [-0.05, 0) is 26.2 Å². The van der Waals surface area contributed by atoms with Crippen molar-refractivity contribution < 1.29 is 9.18 Å². The lowest BCUT2D eigenvalue weighted by atomic mass is 10.1. The largest absolute Gasteiger partial charge is 0.349 e. The van der Waals surface area contributed by atoms with E-state index in [4.69, 9.17) is 11.6 Å². The molecule has 1 amide bonds. The molecule has 0 spiro atoms. The molecule has 2 rings (SSSR count). The van der Waals surface area contributed by atoms with Gasteiger partial charge in [0.25, 0.3) is 0 Å². The summed E-state index contributed by atoms with van der Waals surface area (Å²) in [5, 5.41) is 2.84. The maximum Gasteiger partial charge on any atom is 0.229 e. The van der Waals surface area contributed by atoms with Crippen LogP contribution in [0.1, 0.15) is 26.2 Å². The van der Waals surface area contributed by atoms with Crippen molar-refractivity contribution in [2.45, 2.75) is 37.9 Å². The Bertz CT molecular complexity index is 254. The first-order valence-corrected chi connectivity index (χ1v) is 5.09. The van der Waals surface area contributed by atoms with Gasteiger partial charge in [0.2, 0.25) is 5.91 Å². The third kappa shape index (κ3) is 1.43. The minimum absolute atomic E-state index is 0.168. The van der Waals surface area contributed by atoms with Gasteiger partial charge in [-0.3, -0.25) is 4.79 Å². The zero-order chi connectivity index (χ0) is 9.69. The number of alkyl halides is 2. The van der Waals surface area contributed by atoms with E-state index in [1.54, 1.807) is 6.92 Å². The number of nitrogens with one attached hydrogen (secondary N) is 1. The molecule has 2 nitrogen and oxygen atoms in total. The van der Waals surface area contributed by atoms with Crippen LogP contribution in [0.5, 0.6) is 0 Å². The van der Waals surface area contributed by atoms with Gasteiger partial charge < -0.3 is 5.32 Å². The number of halogens is 2. The van der Waals surface area contributed by atoms with Crippen molar-refractivity contribution in [2.75, 3.05) is 5.88 Å². The van der Waals surface area contributed by atoms with Gasteiger partial charge in [-0.2, -0.15) is 0 Å².